The second-order valence-electron chi connectivity index (χ2n) is 5.81. The number of tetrazole rings is 1. The fraction of sp³-hybridized carbons (Fsp3) is 0.917. The first-order valence-corrected chi connectivity index (χ1v) is 8.12. The van der Waals surface area contributed by atoms with E-state index in [1.54, 1.807) is 11.8 Å². The second-order valence-corrected chi connectivity index (χ2v) is 7.01. The monoisotopic (exact) mass is 297 g/mol. The Morgan fingerprint density at radius 2 is 2.05 bits per heavy atom. The molecule has 8 heteroatoms. The first-order valence-electron chi connectivity index (χ1n) is 7.24. The fourth-order valence-corrected chi connectivity index (χ4v) is 4.26. The molecule has 0 amide bonds. The highest BCUT2D eigenvalue weighted by Gasteiger charge is 2.45. The van der Waals surface area contributed by atoms with Gasteiger partial charge in [0.15, 0.2) is 5.79 Å². The minimum Gasteiger partial charge on any atom is -0.347 e. The van der Waals surface area contributed by atoms with E-state index in [4.69, 9.17) is 15.2 Å². The van der Waals surface area contributed by atoms with Crippen molar-refractivity contribution in [3.05, 3.63) is 0 Å². The molecule has 1 spiro atoms. The number of nitrogens with two attached hydrogens (primary N) is 1. The highest BCUT2D eigenvalue weighted by atomic mass is 32.2. The summed E-state index contributed by atoms with van der Waals surface area (Å²) in [5.41, 5.74) is 6.28. The van der Waals surface area contributed by atoms with Crippen LogP contribution < -0.4 is 5.73 Å². The molecule has 2 unspecified atom stereocenters. The van der Waals surface area contributed by atoms with Crippen LogP contribution in [-0.4, -0.2) is 50.5 Å². The van der Waals surface area contributed by atoms with Crippen LogP contribution in [0.4, 0.5) is 0 Å². The van der Waals surface area contributed by atoms with Crippen molar-refractivity contribution in [2.24, 2.45) is 5.73 Å². The van der Waals surface area contributed by atoms with E-state index in [9.17, 15) is 0 Å². The molecule has 2 heterocycles. The van der Waals surface area contributed by atoms with Gasteiger partial charge in [-0.05, 0) is 29.7 Å². The molecule has 0 bridgehead atoms. The first-order chi connectivity index (χ1) is 9.76. The van der Waals surface area contributed by atoms with Gasteiger partial charge < -0.3 is 15.2 Å². The van der Waals surface area contributed by atoms with Gasteiger partial charge in [0.2, 0.25) is 5.16 Å². The number of hydrogen-bond donors (Lipinski definition) is 1. The van der Waals surface area contributed by atoms with Gasteiger partial charge in [0.25, 0.3) is 0 Å². The van der Waals surface area contributed by atoms with E-state index < -0.39 is 5.79 Å². The molecule has 2 atom stereocenters. The molecule has 0 radical (unpaired) electrons. The smallest absolute Gasteiger partial charge is 0.209 e. The van der Waals surface area contributed by atoms with Crippen molar-refractivity contribution in [1.29, 1.82) is 0 Å². The molecule has 3 aliphatic rings. The Labute approximate surface area is 121 Å². The van der Waals surface area contributed by atoms with Gasteiger partial charge in [0, 0.05) is 24.1 Å². The highest BCUT2D eigenvalue weighted by molar-refractivity contribution is 7.99. The van der Waals surface area contributed by atoms with Crippen LogP contribution in [0.25, 0.3) is 0 Å². The summed E-state index contributed by atoms with van der Waals surface area (Å²) in [5, 5.41) is 13.2. The molecule has 1 saturated heterocycles. The molecule has 0 aromatic carbocycles. The summed E-state index contributed by atoms with van der Waals surface area (Å²) in [4.78, 5) is 0. The number of rotatable bonds is 3. The molecule has 4 rings (SSSR count). The lowest BCUT2D eigenvalue weighted by Crippen LogP contribution is -2.47. The van der Waals surface area contributed by atoms with Gasteiger partial charge in [-0.2, -0.15) is 0 Å². The van der Waals surface area contributed by atoms with E-state index in [0.29, 0.717) is 19.3 Å². The lowest BCUT2D eigenvalue weighted by Gasteiger charge is -2.38. The minimum absolute atomic E-state index is 0.141. The van der Waals surface area contributed by atoms with Crippen LogP contribution in [0.5, 0.6) is 0 Å². The average molecular weight is 297 g/mol. The maximum Gasteiger partial charge on any atom is 0.209 e. The number of aromatic nitrogens is 4. The van der Waals surface area contributed by atoms with Crippen LogP contribution >= 0.6 is 11.8 Å². The summed E-state index contributed by atoms with van der Waals surface area (Å²) in [5.74, 6) is -0.411. The number of thioether (sulfide) groups is 1. The molecule has 20 heavy (non-hydrogen) atoms. The molecule has 7 nitrogen and oxygen atoms in total. The van der Waals surface area contributed by atoms with Crippen LogP contribution in [0.2, 0.25) is 0 Å². The minimum atomic E-state index is -0.411. The van der Waals surface area contributed by atoms with Gasteiger partial charge in [-0.15, -0.1) is 5.10 Å². The summed E-state index contributed by atoms with van der Waals surface area (Å²) in [6.45, 7) is 1.37. The fourth-order valence-electron chi connectivity index (χ4n) is 2.97. The Morgan fingerprint density at radius 3 is 2.80 bits per heavy atom. The quantitative estimate of drug-likeness (QED) is 0.879. The second kappa shape index (κ2) is 4.94. The summed E-state index contributed by atoms with van der Waals surface area (Å²) in [6.07, 6.45) is 4.97. The van der Waals surface area contributed by atoms with Crippen LogP contribution in [-0.2, 0) is 9.47 Å². The molecule has 2 N–H and O–H groups in total. The normalized spacial score (nSPS) is 32.9. The molecule has 1 aromatic rings. The Kier molecular flexibility index (Phi) is 3.21. The molecule has 3 fully saturated rings. The zero-order valence-corrected chi connectivity index (χ0v) is 12.1. The summed E-state index contributed by atoms with van der Waals surface area (Å²) < 4.78 is 13.6. The van der Waals surface area contributed by atoms with E-state index in [2.05, 4.69) is 15.5 Å². The lowest BCUT2D eigenvalue weighted by molar-refractivity contribution is -0.176. The third-order valence-corrected chi connectivity index (χ3v) is 5.57. The summed E-state index contributed by atoms with van der Waals surface area (Å²) in [6, 6.07) is 0.628. The maximum absolute atomic E-state index is 6.28. The zero-order chi connectivity index (χ0) is 13.6. The Bertz CT molecular complexity index is 486. The Hall–Kier alpha value is -0.700. The molecule has 2 aliphatic carbocycles. The summed E-state index contributed by atoms with van der Waals surface area (Å²) in [7, 11) is 0. The third-order valence-electron chi connectivity index (χ3n) is 4.27. The Balaban J connectivity index is 1.49. The van der Waals surface area contributed by atoms with Crippen LogP contribution in [0.1, 0.15) is 38.1 Å². The molecule has 1 aromatic heterocycles. The van der Waals surface area contributed by atoms with Crippen molar-refractivity contribution in [1.82, 2.24) is 20.2 Å². The van der Waals surface area contributed by atoms with Gasteiger partial charge in [0.05, 0.1) is 19.3 Å². The predicted octanol–water partition coefficient (Wildman–Crippen LogP) is 0.723. The van der Waals surface area contributed by atoms with E-state index in [0.717, 1.165) is 24.4 Å². The third kappa shape index (κ3) is 2.34. The van der Waals surface area contributed by atoms with Crippen molar-refractivity contribution in [3.8, 4) is 0 Å². The van der Waals surface area contributed by atoms with Crippen LogP contribution in [0, 0.1) is 0 Å². The standard InChI is InChI=1S/C12H19N5O2S/c13-9-3-4-12(18-5-6-19-12)7-10(9)20-11-14-15-16-17(11)8-1-2-8/h8-10H,1-7,13H2. The van der Waals surface area contributed by atoms with Gasteiger partial charge >= 0.3 is 0 Å². The topological polar surface area (TPSA) is 88.1 Å². The molecular formula is C12H19N5O2S. The SMILES string of the molecule is NC1CCC2(CC1Sc1nnnn1C1CC1)OCCO2. The zero-order valence-electron chi connectivity index (χ0n) is 11.3. The highest BCUT2D eigenvalue weighted by Crippen LogP contribution is 2.43. The number of ether oxygens (including phenoxy) is 2. The lowest BCUT2D eigenvalue weighted by atomic mass is 9.90. The molecule has 2 saturated carbocycles. The first kappa shape index (κ1) is 13.0. The number of hydrogen-bond acceptors (Lipinski definition) is 7. The molecule has 110 valence electrons. The maximum atomic E-state index is 6.28. The van der Waals surface area contributed by atoms with Crippen molar-refractivity contribution < 1.29 is 9.47 Å². The largest absolute Gasteiger partial charge is 0.347 e. The predicted molar refractivity (Wildman–Crippen MR) is 72.2 cm³/mol. The van der Waals surface area contributed by atoms with Gasteiger partial charge in [0.1, 0.15) is 0 Å². The van der Waals surface area contributed by atoms with Gasteiger partial charge in [-0.3, -0.25) is 0 Å². The van der Waals surface area contributed by atoms with Crippen molar-refractivity contribution >= 4 is 11.8 Å². The Morgan fingerprint density at radius 1 is 1.25 bits per heavy atom. The van der Waals surface area contributed by atoms with Crippen LogP contribution in [0.15, 0.2) is 5.16 Å². The molecular weight excluding hydrogens is 278 g/mol. The van der Waals surface area contributed by atoms with Crippen molar-refractivity contribution in [2.45, 2.75) is 60.4 Å². The average Bonchev–Trinajstić information content (AvgIpc) is 3.02. The van der Waals surface area contributed by atoms with Crippen molar-refractivity contribution in [2.75, 3.05) is 13.2 Å². The van der Waals surface area contributed by atoms with Gasteiger partial charge in [-0.25, -0.2) is 4.68 Å². The van der Waals surface area contributed by atoms with Gasteiger partial charge in [-0.1, -0.05) is 11.8 Å². The van der Waals surface area contributed by atoms with E-state index in [1.165, 1.54) is 12.8 Å². The van der Waals surface area contributed by atoms with E-state index >= 15 is 0 Å². The van der Waals surface area contributed by atoms with E-state index in [-0.39, 0.29) is 11.3 Å². The summed E-state index contributed by atoms with van der Waals surface area (Å²) >= 11 is 1.68. The number of nitrogens with zero attached hydrogens (tertiary/aromatic N) is 4. The van der Waals surface area contributed by atoms with E-state index in [1.807, 2.05) is 4.68 Å². The van der Waals surface area contributed by atoms with Crippen LogP contribution in [0.3, 0.4) is 0 Å². The van der Waals surface area contributed by atoms with Crippen molar-refractivity contribution in [3.63, 3.8) is 0 Å². The molecule has 1 aliphatic heterocycles.